The topological polar surface area (TPSA) is 74.2 Å². The Morgan fingerprint density at radius 2 is 1.70 bits per heavy atom. The summed E-state index contributed by atoms with van der Waals surface area (Å²) >= 11 is 18.1. The zero-order chi connectivity index (χ0) is 24.6. The van der Waals surface area contributed by atoms with E-state index in [0.717, 1.165) is 30.1 Å². The number of imide groups is 1. The summed E-state index contributed by atoms with van der Waals surface area (Å²) in [5, 5.41) is 2.83. The van der Waals surface area contributed by atoms with Crippen molar-refractivity contribution in [2.75, 3.05) is 24.4 Å². The number of hydrogen-bond acceptors (Lipinski definition) is 5. The Morgan fingerprint density at radius 1 is 1.06 bits per heavy atom. The fourth-order valence-corrected chi connectivity index (χ4v) is 3.20. The number of methoxy groups -OCH3 is 1. The number of carbonyl (C=O) groups excluding carboxylic acids is 2. The van der Waals surface area contributed by atoms with Crippen molar-refractivity contribution in [3.05, 3.63) is 54.1 Å². The van der Waals surface area contributed by atoms with Crippen LogP contribution in [0, 0.1) is 0 Å². The van der Waals surface area contributed by atoms with E-state index in [1.807, 2.05) is 0 Å². The fourth-order valence-electron chi connectivity index (χ4n) is 2.89. The van der Waals surface area contributed by atoms with Gasteiger partial charge in [-0.1, -0.05) is 40.9 Å². The van der Waals surface area contributed by atoms with E-state index in [2.05, 4.69) is 10.3 Å². The second-order valence-corrected chi connectivity index (χ2v) is 9.17. The number of rotatable bonds is 5. The predicted molar refractivity (Wildman–Crippen MR) is 120 cm³/mol. The summed E-state index contributed by atoms with van der Waals surface area (Å²) in [6.45, 7) is 0. The molecule has 176 valence electrons. The Labute approximate surface area is 201 Å². The quantitative estimate of drug-likeness (QED) is 0.425. The van der Waals surface area contributed by atoms with Crippen molar-refractivity contribution in [3.8, 4) is 5.75 Å². The van der Waals surface area contributed by atoms with Crippen molar-refractivity contribution in [2.24, 2.45) is 4.99 Å². The minimum atomic E-state index is -4.66. The number of halogens is 6. The summed E-state index contributed by atoms with van der Waals surface area (Å²) in [6, 6.07) is 9.43. The van der Waals surface area contributed by atoms with E-state index in [0.29, 0.717) is 16.3 Å². The largest absolute Gasteiger partial charge is 0.497 e. The van der Waals surface area contributed by atoms with Gasteiger partial charge in [0.1, 0.15) is 5.75 Å². The SMILES string of the molecule is COc1ccc(NC(N=C2C(=O)N(C)C(=O)N2c2cccc(C(F)(F)F)c2)C(Cl)(Cl)Cl)cc1. The number of nitrogens with one attached hydrogen (secondary N) is 1. The van der Waals surface area contributed by atoms with E-state index in [4.69, 9.17) is 39.5 Å². The predicted octanol–water partition coefficient (Wildman–Crippen LogP) is 5.32. The van der Waals surface area contributed by atoms with Gasteiger partial charge in [0.15, 0.2) is 6.17 Å². The van der Waals surface area contributed by atoms with Gasteiger partial charge in [0.25, 0.3) is 5.91 Å². The van der Waals surface area contributed by atoms with Crippen LogP contribution in [0.15, 0.2) is 53.5 Å². The zero-order valence-electron chi connectivity index (χ0n) is 17.0. The molecule has 0 bridgehead atoms. The van der Waals surface area contributed by atoms with Crippen molar-refractivity contribution in [1.82, 2.24) is 4.90 Å². The minimum Gasteiger partial charge on any atom is -0.497 e. The van der Waals surface area contributed by atoms with Crippen molar-refractivity contribution < 1.29 is 27.5 Å². The highest BCUT2D eigenvalue weighted by atomic mass is 35.6. The lowest BCUT2D eigenvalue weighted by Crippen LogP contribution is -2.38. The molecule has 0 spiro atoms. The number of alkyl halides is 6. The number of likely N-dealkylation sites (N-methyl/N-ethyl adjacent to an activating group) is 1. The van der Waals surface area contributed by atoms with E-state index in [-0.39, 0.29) is 5.69 Å². The lowest BCUT2D eigenvalue weighted by molar-refractivity contribution is -0.137. The Hall–Kier alpha value is -2.69. The molecule has 3 rings (SSSR count). The van der Waals surface area contributed by atoms with Crippen LogP contribution in [0.4, 0.5) is 29.3 Å². The molecular formula is C20H16Cl3F3N4O3. The first-order chi connectivity index (χ1) is 15.3. The molecule has 2 aromatic rings. The maximum absolute atomic E-state index is 13.2. The molecule has 1 N–H and O–H groups in total. The maximum Gasteiger partial charge on any atom is 0.416 e. The Kier molecular flexibility index (Phi) is 7.01. The van der Waals surface area contributed by atoms with Crippen LogP contribution < -0.4 is 15.0 Å². The highest BCUT2D eigenvalue weighted by molar-refractivity contribution is 6.68. The van der Waals surface area contributed by atoms with Gasteiger partial charge in [0.2, 0.25) is 9.63 Å². The number of hydrogen-bond donors (Lipinski definition) is 1. The number of amidine groups is 1. The molecule has 1 fully saturated rings. The molecule has 13 heteroatoms. The van der Waals surface area contributed by atoms with Gasteiger partial charge in [0.05, 0.1) is 18.4 Å². The zero-order valence-corrected chi connectivity index (χ0v) is 19.3. The summed E-state index contributed by atoms with van der Waals surface area (Å²) in [5.74, 6) is -0.835. The number of ether oxygens (including phenoxy) is 1. The van der Waals surface area contributed by atoms with Crippen LogP contribution >= 0.6 is 34.8 Å². The molecule has 0 aliphatic carbocycles. The summed E-state index contributed by atoms with van der Waals surface area (Å²) < 4.78 is 42.5. The highest BCUT2D eigenvalue weighted by Gasteiger charge is 2.44. The number of carbonyl (C=O) groups is 2. The van der Waals surface area contributed by atoms with Gasteiger partial charge in [-0.2, -0.15) is 13.2 Å². The number of benzene rings is 2. The highest BCUT2D eigenvalue weighted by Crippen LogP contribution is 2.36. The van der Waals surface area contributed by atoms with Crippen LogP contribution in [0.2, 0.25) is 0 Å². The lowest BCUT2D eigenvalue weighted by Gasteiger charge is -2.25. The number of aliphatic imine (C=N–C) groups is 1. The molecule has 0 radical (unpaired) electrons. The van der Waals surface area contributed by atoms with Crippen LogP contribution in [0.25, 0.3) is 0 Å². The Bertz CT molecular complexity index is 1090. The molecule has 3 amide bonds. The van der Waals surface area contributed by atoms with Crippen LogP contribution in [0.5, 0.6) is 5.75 Å². The summed E-state index contributed by atoms with van der Waals surface area (Å²) in [4.78, 5) is 31.0. The molecule has 1 heterocycles. The Balaban J connectivity index is 2.05. The molecular weight excluding hydrogens is 508 g/mol. The molecule has 1 saturated heterocycles. The number of nitrogens with zero attached hydrogens (tertiary/aromatic N) is 3. The van der Waals surface area contributed by atoms with E-state index >= 15 is 0 Å². The fraction of sp³-hybridized carbons (Fsp3) is 0.250. The molecule has 0 aromatic heterocycles. The Morgan fingerprint density at radius 3 is 2.24 bits per heavy atom. The van der Waals surface area contributed by atoms with Crippen molar-refractivity contribution in [1.29, 1.82) is 0 Å². The van der Waals surface area contributed by atoms with Gasteiger partial charge in [0, 0.05) is 12.7 Å². The number of urea groups is 1. The molecule has 1 atom stereocenters. The van der Waals surface area contributed by atoms with E-state index in [1.54, 1.807) is 24.3 Å². The molecule has 2 aromatic carbocycles. The van der Waals surface area contributed by atoms with E-state index < -0.39 is 39.5 Å². The van der Waals surface area contributed by atoms with E-state index in [9.17, 15) is 22.8 Å². The average molecular weight is 524 g/mol. The lowest BCUT2D eigenvalue weighted by atomic mass is 10.2. The van der Waals surface area contributed by atoms with Crippen molar-refractivity contribution in [2.45, 2.75) is 16.1 Å². The maximum atomic E-state index is 13.2. The molecule has 7 nitrogen and oxygen atoms in total. The van der Waals surface area contributed by atoms with Crippen LogP contribution in [-0.4, -0.2) is 46.8 Å². The molecule has 33 heavy (non-hydrogen) atoms. The van der Waals surface area contributed by atoms with Gasteiger partial charge in [-0.25, -0.2) is 14.7 Å². The van der Waals surface area contributed by atoms with Gasteiger partial charge < -0.3 is 10.1 Å². The second kappa shape index (κ2) is 9.28. The average Bonchev–Trinajstić information content (AvgIpc) is 2.96. The normalized spacial score (nSPS) is 17.0. The molecule has 1 unspecified atom stereocenters. The van der Waals surface area contributed by atoms with Crippen molar-refractivity contribution >= 4 is 64.0 Å². The third kappa shape index (κ3) is 5.45. The monoisotopic (exact) mass is 522 g/mol. The first-order valence-electron chi connectivity index (χ1n) is 9.17. The third-order valence-electron chi connectivity index (χ3n) is 4.57. The van der Waals surface area contributed by atoms with Gasteiger partial charge in [-0.05, 0) is 42.5 Å². The summed E-state index contributed by atoms with van der Waals surface area (Å²) in [5.41, 5.74) is -0.797. The molecule has 1 aliphatic heterocycles. The van der Waals surface area contributed by atoms with Crippen molar-refractivity contribution in [3.63, 3.8) is 0 Å². The number of amides is 3. The molecule has 1 aliphatic rings. The first-order valence-corrected chi connectivity index (χ1v) is 10.3. The van der Waals surface area contributed by atoms with E-state index in [1.165, 1.54) is 13.2 Å². The smallest absolute Gasteiger partial charge is 0.416 e. The van der Waals surface area contributed by atoms with Gasteiger partial charge in [-0.15, -0.1) is 0 Å². The van der Waals surface area contributed by atoms with Crippen LogP contribution in [0.1, 0.15) is 5.56 Å². The van der Waals surface area contributed by atoms with Gasteiger partial charge in [-0.3, -0.25) is 9.69 Å². The number of anilines is 2. The summed E-state index contributed by atoms with van der Waals surface area (Å²) in [7, 11) is 2.65. The van der Waals surface area contributed by atoms with Crippen LogP contribution in [-0.2, 0) is 11.0 Å². The van der Waals surface area contributed by atoms with Crippen LogP contribution in [0.3, 0.4) is 0 Å². The minimum absolute atomic E-state index is 0.223. The standard InChI is InChI=1S/C20H16Cl3F3N4O3/c1-29-16(31)15(30(18(29)32)13-5-3-4-11(10-13)20(24,25)26)28-17(19(21,22)23)27-12-6-8-14(33-2)9-7-12/h3-10,17,27H,1-2H3. The first kappa shape index (κ1) is 24.9. The second-order valence-electron chi connectivity index (χ2n) is 6.80. The van der Waals surface area contributed by atoms with Gasteiger partial charge >= 0.3 is 12.2 Å². The third-order valence-corrected chi connectivity index (χ3v) is 5.19. The summed E-state index contributed by atoms with van der Waals surface area (Å²) in [6.07, 6.45) is -6.05. The molecule has 0 saturated carbocycles.